The van der Waals surface area contributed by atoms with Gasteiger partial charge in [-0.1, -0.05) is 0 Å². The molecular weight excluding hydrogens is 230 g/mol. The molecule has 1 aliphatic carbocycles. The molecule has 0 unspecified atom stereocenters. The van der Waals surface area contributed by atoms with E-state index in [9.17, 15) is 9.59 Å². The molecule has 1 rings (SSSR count). The standard InChI is InChI=1S/C14H25NO3/c1-5-15(13(17)18-14(2,3)4)9-8-12(16)10-11-6-7-11/h11H,5-10H2,1-4H3. The largest absolute Gasteiger partial charge is 0.444 e. The normalized spacial score (nSPS) is 15.3. The first kappa shape index (κ1) is 15.0. The van der Waals surface area contributed by atoms with Crippen molar-refractivity contribution in [2.45, 2.75) is 59.0 Å². The monoisotopic (exact) mass is 255 g/mol. The molecule has 0 heterocycles. The summed E-state index contributed by atoms with van der Waals surface area (Å²) in [6.07, 6.45) is 3.18. The Balaban J connectivity index is 2.31. The molecule has 0 atom stereocenters. The van der Waals surface area contributed by atoms with Crippen molar-refractivity contribution >= 4 is 11.9 Å². The van der Waals surface area contributed by atoms with E-state index in [1.807, 2.05) is 27.7 Å². The Kier molecular flexibility index (Phi) is 5.17. The van der Waals surface area contributed by atoms with Crippen molar-refractivity contribution in [3.05, 3.63) is 0 Å². The van der Waals surface area contributed by atoms with Gasteiger partial charge in [0.15, 0.2) is 0 Å². The summed E-state index contributed by atoms with van der Waals surface area (Å²) >= 11 is 0. The topological polar surface area (TPSA) is 46.6 Å². The number of amides is 1. The highest BCUT2D eigenvalue weighted by atomic mass is 16.6. The second-order valence-corrected chi connectivity index (χ2v) is 6.00. The van der Waals surface area contributed by atoms with Gasteiger partial charge in [0.2, 0.25) is 0 Å². The minimum atomic E-state index is -0.484. The number of nitrogens with zero attached hydrogens (tertiary/aromatic N) is 1. The Hall–Kier alpha value is -1.06. The number of carbonyl (C=O) groups excluding carboxylic acids is 2. The van der Waals surface area contributed by atoms with E-state index in [0.29, 0.717) is 31.8 Å². The second-order valence-electron chi connectivity index (χ2n) is 6.00. The second kappa shape index (κ2) is 6.21. The molecule has 0 aliphatic heterocycles. The number of ketones is 1. The molecule has 0 radical (unpaired) electrons. The van der Waals surface area contributed by atoms with Crippen LogP contribution in [0.3, 0.4) is 0 Å². The molecule has 0 bridgehead atoms. The van der Waals surface area contributed by atoms with Crippen LogP contribution in [0, 0.1) is 5.92 Å². The van der Waals surface area contributed by atoms with Crippen LogP contribution < -0.4 is 0 Å². The molecule has 0 aromatic heterocycles. The number of ether oxygens (including phenoxy) is 1. The summed E-state index contributed by atoms with van der Waals surface area (Å²) in [5.74, 6) is 0.883. The average Bonchev–Trinajstić information content (AvgIpc) is 2.99. The third-order valence-corrected chi connectivity index (χ3v) is 2.91. The van der Waals surface area contributed by atoms with Gasteiger partial charge in [-0.2, -0.15) is 0 Å². The number of carbonyl (C=O) groups is 2. The van der Waals surface area contributed by atoms with Crippen molar-refractivity contribution in [1.82, 2.24) is 4.90 Å². The zero-order valence-electron chi connectivity index (χ0n) is 12.0. The van der Waals surface area contributed by atoms with Crippen LogP contribution in [0.1, 0.15) is 53.4 Å². The molecule has 0 spiro atoms. The highest BCUT2D eigenvalue weighted by molar-refractivity contribution is 5.79. The molecule has 18 heavy (non-hydrogen) atoms. The van der Waals surface area contributed by atoms with Crippen LogP contribution in [0.25, 0.3) is 0 Å². The van der Waals surface area contributed by atoms with Crippen molar-refractivity contribution in [2.75, 3.05) is 13.1 Å². The van der Waals surface area contributed by atoms with E-state index in [1.165, 1.54) is 12.8 Å². The Morgan fingerprint density at radius 1 is 1.28 bits per heavy atom. The summed E-state index contributed by atoms with van der Waals surface area (Å²) in [5, 5.41) is 0. The van der Waals surface area contributed by atoms with Crippen LogP contribution in [-0.4, -0.2) is 35.5 Å². The fraction of sp³-hybridized carbons (Fsp3) is 0.857. The van der Waals surface area contributed by atoms with Gasteiger partial charge in [-0.15, -0.1) is 0 Å². The Labute approximate surface area is 110 Å². The van der Waals surface area contributed by atoms with E-state index < -0.39 is 5.60 Å². The summed E-state index contributed by atoms with van der Waals surface area (Å²) < 4.78 is 5.29. The summed E-state index contributed by atoms with van der Waals surface area (Å²) in [4.78, 5) is 25.1. The Morgan fingerprint density at radius 3 is 2.33 bits per heavy atom. The fourth-order valence-corrected chi connectivity index (χ4v) is 1.71. The number of rotatable bonds is 6. The molecule has 1 fully saturated rings. The van der Waals surface area contributed by atoms with Gasteiger partial charge in [-0.3, -0.25) is 4.79 Å². The molecule has 0 aromatic carbocycles. The van der Waals surface area contributed by atoms with Gasteiger partial charge in [-0.25, -0.2) is 4.79 Å². The van der Waals surface area contributed by atoms with E-state index in [0.717, 1.165) is 0 Å². The average molecular weight is 255 g/mol. The van der Waals surface area contributed by atoms with Crippen molar-refractivity contribution in [2.24, 2.45) is 5.92 Å². The molecule has 0 saturated heterocycles. The van der Waals surface area contributed by atoms with E-state index in [2.05, 4.69) is 0 Å². The molecule has 4 nitrogen and oxygen atoms in total. The lowest BCUT2D eigenvalue weighted by Crippen LogP contribution is -2.37. The van der Waals surface area contributed by atoms with Crippen molar-refractivity contribution in [3.63, 3.8) is 0 Å². The molecule has 1 saturated carbocycles. The van der Waals surface area contributed by atoms with E-state index in [4.69, 9.17) is 4.74 Å². The molecule has 0 aromatic rings. The lowest BCUT2D eigenvalue weighted by molar-refractivity contribution is -0.119. The van der Waals surface area contributed by atoms with Crippen LogP contribution >= 0.6 is 0 Å². The van der Waals surface area contributed by atoms with Crippen LogP contribution in [-0.2, 0) is 9.53 Å². The van der Waals surface area contributed by atoms with Gasteiger partial charge in [0.25, 0.3) is 0 Å². The van der Waals surface area contributed by atoms with Crippen molar-refractivity contribution in [3.8, 4) is 0 Å². The van der Waals surface area contributed by atoms with Crippen LogP contribution in [0.2, 0.25) is 0 Å². The van der Waals surface area contributed by atoms with Gasteiger partial charge < -0.3 is 9.64 Å². The van der Waals surface area contributed by atoms with Gasteiger partial charge in [-0.05, 0) is 46.5 Å². The van der Waals surface area contributed by atoms with Gasteiger partial charge >= 0.3 is 6.09 Å². The lowest BCUT2D eigenvalue weighted by Gasteiger charge is -2.26. The molecule has 1 amide bonds. The van der Waals surface area contributed by atoms with Crippen LogP contribution in [0.5, 0.6) is 0 Å². The third-order valence-electron chi connectivity index (χ3n) is 2.91. The maximum absolute atomic E-state index is 11.8. The first-order valence-electron chi connectivity index (χ1n) is 6.81. The van der Waals surface area contributed by atoms with Crippen molar-refractivity contribution in [1.29, 1.82) is 0 Å². The molecular formula is C14H25NO3. The molecule has 1 aliphatic rings. The predicted molar refractivity (Wildman–Crippen MR) is 70.4 cm³/mol. The van der Waals surface area contributed by atoms with Crippen molar-refractivity contribution < 1.29 is 14.3 Å². The highest BCUT2D eigenvalue weighted by Crippen LogP contribution is 2.32. The predicted octanol–water partition coefficient (Wildman–Crippen LogP) is 3.00. The van der Waals surface area contributed by atoms with Gasteiger partial charge in [0.1, 0.15) is 11.4 Å². The highest BCUT2D eigenvalue weighted by Gasteiger charge is 2.25. The van der Waals surface area contributed by atoms with Crippen LogP contribution in [0.4, 0.5) is 4.79 Å². The number of hydrogen-bond acceptors (Lipinski definition) is 3. The minimum absolute atomic E-state index is 0.263. The maximum atomic E-state index is 11.8. The summed E-state index contributed by atoms with van der Waals surface area (Å²) in [6, 6.07) is 0. The zero-order chi connectivity index (χ0) is 13.8. The zero-order valence-corrected chi connectivity index (χ0v) is 12.0. The van der Waals surface area contributed by atoms with E-state index in [1.54, 1.807) is 4.90 Å². The van der Waals surface area contributed by atoms with Gasteiger partial charge in [0, 0.05) is 25.9 Å². The first-order chi connectivity index (χ1) is 8.31. The number of hydrogen-bond donors (Lipinski definition) is 0. The molecule has 0 N–H and O–H groups in total. The van der Waals surface area contributed by atoms with E-state index >= 15 is 0 Å². The first-order valence-corrected chi connectivity index (χ1v) is 6.81. The maximum Gasteiger partial charge on any atom is 0.410 e. The smallest absolute Gasteiger partial charge is 0.410 e. The van der Waals surface area contributed by atoms with E-state index in [-0.39, 0.29) is 11.9 Å². The van der Waals surface area contributed by atoms with Gasteiger partial charge in [0.05, 0.1) is 0 Å². The summed E-state index contributed by atoms with van der Waals surface area (Å²) in [6.45, 7) is 8.48. The quantitative estimate of drug-likeness (QED) is 0.733. The fourth-order valence-electron chi connectivity index (χ4n) is 1.71. The third kappa shape index (κ3) is 6.03. The summed E-state index contributed by atoms with van der Waals surface area (Å²) in [7, 11) is 0. The Bertz CT molecular complexity index is 303. The SMILES string of the molecule is CCN(CCC(=O)CC1CC1)C(=O)OC(C)(C)C. The Morgan fingerprint density at radius 2 is 1.89 bits per heavy atom. The summed E-state index contributed by atoms with van der Waals surface area (Å²) in [5.41, 5.74) is -0.484. The molecule has 4 heteroatoms. The lowest BCUT2D eigenvalue weighted by atomic mass is 10.1. The molecule has 104 valence electrons. The van der Waals surface area contributed by atoms with Crippen LogP contribution in [0.15, 0.2) is 0 Å². The minimum Gasteiger partial charge on any atom is -0.444 e. The number of Topliss-reactive ketones (excluding diaryl/α,β-unsaturated/α-hetero) is 1.